The summed E-state index contributed by atoms with van der Waals surface area (Å²) in [4.78, 5) is 4.36. The van der Waals surface area contributed by atoms with Crippen LogP contribution in [0.1, 0.15) is 33.6 Å². The predicted octanol–water partition coefficient (Wildman–Crippen LogP) is 3.34. The van der Waals surface area contributed by atoms with Gasteiger partial charge in [0.2, 0.25) is 0 Å². The van der Waals surface area contributed by atoms with Crippen molar-refractivity contribution >= 4 is 5.71 Å². The lowest BCUT2D eigenvalue weighted by Gasteiger charge is -1.97. The van der Waals surface area contributed by atoms with Gasteiger partial charge in [0.1, 0.15) is 0 Å². The first-order valence-corrected chi connectivity index (χ1v) is 4.07. The van der Waals surface area contributed by atoms with Gasteiger partial charge >= 0.3 is 0 Å². The molecule has 0 fully saturated rings. The van der Waals surface area contributed by atoms with Crippen LogP contribution in [-0.4, -0.2) is 5.71 Å². The van der Waals surface area contributed by atoms with Gasteiger partial charge in [0.05, 0.1) is 0 Å². The fourth-order valence-electron chi connectivity index (χ4n) is 0.751. The lowest BCUT2D eigenvalue weighted by Crippen LogP contribution is -1.91. The zero-order valence-corrected chi connectivity index (χ0v) is 7.72. The lowest BCUT2D eigenvalue weighted by molar-refractivity contribution is 0.992. The van der Waals surface area contributed by atoms with Crippen molar-refractivity contribution in [1.82, 2.24) is 0 Å². The minimum atomic E-state index is 1.02. The van der Waals surface area contributed by atoms with Crippen molar-refractivity contribution in [3.63, 3.8) is 0 Å². The maximum atomic E-state index is 4.36. The molecule has 1 nitrogen and oxygen atoms in total. The molecule has 0 atom stereocenters. The van der Waals surface area contributed by atoms with Crippen LogP contribution in [0.2, 0.25) is 0 Å². The SMILES string of the molecule is C=CC(CCC)=N/C(C)=C\C. The van der Waals surface area contributed by atoms with Gasteiger partial charge in [-0.25, -0.2) is 0 Å². The van der Waals surface area contributed by atoms with Gasteiger partial charge in [0.25, 0.3) is 0 Å². The van der Waals surface area contributed by atoms with E-state index in [0.717, 1.165) is 24.3 Å². The molecule has 0 aromatic carbocycles. The topological polar surface area (TPSA) is 12.4 Å². The summed E-state index contributed by atoms with van der Waals surface area (Å²) in [6.45, 7) is 9.84. The Morgan fingerprint density at radius 3 is 2.55 bits per heavy atom. The number of hydrogen-bond donors (Lipinski definition) is 0. The minimum Gasteiger partial charge on any atom is -0.259 e. The van der Waals surface area contributed by atoms with Crippen LogP contribution in [0.25, 0.3) is 0 Å². The molecule has 0 spiro atoms. The second-order valence-corrected chi connectivity index (χ2v) is 2.49. The summed E-state index contributed by atoms with van der Waals surface area (Å²) in [7, 11) is 0. The van der Waals surface area contributed by atoms with E-state index in [-0.39, 0.29) is 0 Å². The Labute approximate surface area is 69.5 Å². The molecule has 0 aromatic heterocycles. The second-order valence-electron chi connectivity index (χ2n) is 2.49. The first kappa shape index (κ1) is 10.2. The molecule has 0 aliphatic heterocycles. The summed E-state index contributed by atoms with van der Waals surface area (Å²) in [6, 6.07) is 0. The standard InChI is InChI=1S/C10H17N/c1-5-8-10(7-3)11-9(4)6-2/h6-7H,3,5,8H2,1-2,4H3/b9-6-,11-10?. The summed E-state index contributed by atoms with van der Waals surface area (Å²) in [5.41, 5.74) is 2.15. The van der Waals surface area contributed by atoms with Crippen molar-refractivity contribution in [2.45, 2.75) is 33.6 Å². The molecule has 0 bridgehead atoms. The largest absolute Gasteiger partial charge is 0.259 e. The normalized spacial score (nSPS) is 13.4. The molecular weight excluding hydrogens is 134 g/mol. The Kier molecular flexibility index (Phi) is 5.44. The van der Waals surface area contributed by atoms with Crippen molar-refractivity contribution in [2.24, 2.45) is 4.99 Å². The van der Waals surface area contributed by atoms with Crippen molar-refractivity contribution < 1.29 is 0 Å². The molecule has 1 heteroatoms. The Balaban J connectivity index is 4.22. The number of allylic oxidation sites excluding steroid dienone is 3. The van der Waals surface area contributed by atoms with E-state index >= 15 is 0 Å². The molecule has 11 heavy (non-hydrogen) atoms. The Hall–Kier alpha value is -0.850. The fraction of sp³-hybridized carbons (Fsp3) is 0.500. The number of hydrogen-bond acceptors (Lipinski definition) is 1. The molecule has 0 saturated carbocycles. The van der Waals surface area contributed by atoms with Crippen LogP contribution in [0, 0.1) is 0 Å². The molecular formula is C10H17N. The third kappa shape index (κ3) is 4.54. The third-order valence-electron chi connectivity index (χ3n) is 1.48. The second kappa shape index (κ2) is 5.90. The summed E-state index contributed by atoms with van der Waals surface area (Å²) >= 11 is 0. The van der Waals surface area contributed by atoms with Gasteiger partial charge < -0.3 is 0 Å². The smallest absolute Gasteiger partial charge is 0.0400 e. The van der Waals surface area contributed by atoms with Gasteiger partial charge in [-0.2, -0.15) is 0 Å². The molecule has 0 radical (unpaired) electrons. The molecule has 62 valence electrons. The quantitative estimate of drug-likeness (QED) is 0.546. The molecule has 0 saturated heterocycles. The zero-order chi connectivity index (χ0) is 8.69. The van der Waals surface area contributed by atoms with Crippen LogP contribution in [0.5, 0.6) is 0 Å². The van der Waals surface area contributed by atoms with Crippen LogP contribution in [0.15, 0.2) is 29.4 Å². The molecule has 0 N–H and O–H groups in total. The molecule has 0 aromatic rings. The Morgan fingerprint density at radius 1 is 1.55 bits per heavy atom. The van der Waals surface area contributed by atoms with E-state index in [4.69, 9.17) is 0 Å². The van der Waals surface area contributed by atoms with Gasteiger partial charge in [-0.1, -0.05) is 26.0 Å². The summed E-state index contributed by atoms with van der Waals surface area (Å²) < 4.78 is 0. The van der Waals surface area contributed by atoms with Crippen LogP contribution in [-0.2, 0) is 0 Å². The highest BCUT2D eigenvalue weighted by Gasteiger charge is 1.90. The number of nitrogens with zero attached hydrogens (tertiary/aromatic N) is 1. The van der Waals surface area contributed by atoms with E-state index in [0.29, 0.717) is 0 Å². The summed E-state index contributed by atoms with van der Waals surface area (Å²) in [6.07, 6.45) is 5.98. The maximum Gasteiger partial charge on any atom is 0.0400 e. The highest BCUT2D eigenvalue weighted by Crippen LogP contribution is 2.00. The summed E-state index contributed by atoms with van der Waals surface area (Å²) in [5.74, 6) is 0. The van der Waals surface area contributed by atoms with Crippen molar-refractivity contribution in [1.29, 1.82) is 0 Å². The fourth-order valence-corrected chi connectivity index (χ4v) is 0.751. The monoisotopic (exact) mass is 151 g/mol. The molecule has 0 aliphatic carbocycles. The van der Waals surface area contributed by atoms with Gasteiger partial charge in [0.15, 0.2) is 0 Å². The van der Waals surface area contributed by atoms with E-state index in [2.05, 4.69) is 18.5 Å². The average Bonchev–Trinajstić information content (AvgIpc) is 2.03. The number of aliphatic imine (C=N–C) groups is 1. The highest BCUT2D eigenvalue weighted by molar-refractivity contribution is 5.95. The Bertz CT molecular complexity index is 175. The highest BCUT2D eigenvalue weighted by atomic mass is 14.7. The van der Waals surface area contributed by atoms with E-state index in [1.54, 1.807) is 0 Å². The van der Waals surface area contributed by atoms with Crippen LogP contribution in [0.3, 0.4) is 0 Å². The predicted molar refractivity (Wildman–Crippen MR) is 52.0 cm³/mol. The van der Waals surface area contributed by atoms with Crippen molar-refractivity contribution in [2.75, 3.05) is 0 Å². The number of rotatable bonds is 4. The maximum absolute atomic E-state index is 4.36. The average molecular weight is 151 g/mol. The van der Waals surface area contributed by atoms with Crippen molar-refractivity contribution in [3.8, 4) is 0 Å². The van der Waals surface area contributed by atoms with Gasteiger partial charge in [-0.05, 0) is 26.3 Å². The zero-order valence-electron chi connectivity index (χ0n) is 7.72. The lowest BCUT2D eigenvalue weighted by atomic mass is 10.2. The van der Waals surface area contributed by atoms with E-state index < -0.39 is 0 Å². The molecule has 0 amide bonds. The third-order valence-corrected chi connectivity index (χ3v) is 1.48. The van der Waals surface area contributed by atoms with E-state index in [1.807, 2.05) is 26.0 Å². The Morgan fingerprint density at radius 2 is 2.18 bits per heavy atom. The van der Waals surface area contributed by atoms with Crippen molar-refractivity contribution in [3.05, 3.63) is 24.4 Å². The first-order valence-electron chi connectivity index (χ1n) is 4.07. The van der Waals surface area contributed by atoms with Crippen LogP contribution in [0.4, 0.5) is 0 Å². The molecule has 0 aliphatic rings. The molecule has 0 heterocycles. The molecule has 0 unspecified atom stereocenters. The molecule has 0 rings (SSSR count). The van der Waals surface area contributed by atoms with Gasteiger partial charge in [-0.15, -0.1) is 0 Å². The first-order chi connectivity index (χ1) is 5.24. The van der Waals surface area contributed by atoms with E-state index in [9.17, 15) is 0 Å². The summed E-state index contributed by atoms with van der Waals surface area (Å²) in [5, 5.41) is 0. The van der Waals surface area contributed by atoms with Crippen LogP contribution < -0.4 is 0 Å². The van der Waals surface area contributed by atoms with Gasteiger partial charge in [0, 0.05) is 11.4 Å². The van der Waals surface area contributed by atoms with E-state index in [1.165, 1.54) is 0 Å². The van der Waals surface area contributed by atoms with Crippen LogP contribution >= 0.6 is 0 Å². The minimum absolute atomic E-state index is 1.02. The van der Waals surface area contributed by atoms with Gasteiger partial charge in [-0.3, -0.25) is 4.99 Å².